The van der Waals surface area contributed by atoms with Crippen LogP contribution in [0, 0.1) is 13.8 Å². The number of nitrogens with zero attached hydrogens (tertiary/aromatic N) is 4. The summed E-state index contributed by atoms with van der Waals surface area (Å²) in [5.41, 5.74) is 5.13. The first-order valence-electron chi connectivity index (χ1n) is 10.9. The maximum absolute atomic E-state index is 6.50. The number of ether oxygens (including phenoxy) is 1. The van der Waals surface area contributed by atoms with Crippen molar-refractivity contribution in [3.8, 4) is 11.6 Å². The van der Waals surface area contributed by atoms with Crippen LogP contribution in [0.4, 0.5) is 5.69 Å². The van der Waals surface area contributed by atoms with Gasteiger partial charge in [0.15, 0.2) is 5.11 Å². The standard InChI is InChI=1S/C26H24ClN5OS/c1-16-14-19(17(2)31(16)23-9-5-7-13-29-23)25-24(21-8-4-6-12-28-21)30-26(34)32(25)18-10-11-22(33-3)20(27)15-18/h4-15,24-25H,1-3H3,(H,30,34)/t24-,25+/m0/s1. The fourth-order valence-electron chi connectivity index (χ4n) is 4.68. The molecular weight excluding hydrogens is 466 g/mol. The summed E-state index contributed by atoms with van der Waals surface area (Å²) in [6.07, 6.45) is 3.61. The number of aryl methyl sites for hydroxylation is 1. The lowest BCUT2D eigenvalue weighted by molar-refractivity contribution is 0.415. The molecule has 0 unspecified atom stereocenters. The summed E-state index contributed by atoms with van der Waals surface area (Å²) in [6.45, 7) is 4.21. The zero-order chi connectivity index (χ0) is 23.8. The van der Waals surface area contributed by atoms with E-state index in [2.05, 4.69) is 44.7 Å². The van der Waals surface area contributed by atoms with Crippen LogP contribution < -0.4 is 15.0 Å². The third-order valence-electron chi connectivity index (χ3n) is 6.18. The fraction of sp³-hybridized carbons (Fsp3) is 0.192. The molecule has 3 aromatic heterocycles. The first kappa shape index (κ1) is 22.4. The fourth-order valence-corrected chi connectivity index (χ4v) is 5.28. The minimum absolute atomic E-state index is 0.143. The Morgan fingerprint density at radius 3 is 2.41 bits per heavy atom. The summed E-state index contributed by atoms with van der Waals surface area (Å²) in [6, 6.07) is 19.5. The lowest BCUT2D eigenvalue weighted by atomic mass is 9.96. The van der Waals surface area contributed by atoms with Crippen molar-refractivity contribution in [1.82, 2.24) is 19.9 Å². The molecule has 0 radical (unpaired) electrons. The molecule has 0 bridgehead atoms. The van der Waals surface area contributed by atoms with Crippen molar-refractivity contribution < 1.29 is 4.74 Å². The van der Waals surface area contributed by atoms with Gasteiger partial charge < -0.3 is 19.5 Å². The molecule has 1 aliphatic rings. The molecule has 172 valence electrons. The molecule has 1 fully saturated rings. The van der Waals surface area contributed by atoms with Crippen LogP contribution in [0.5, 0.6) is 5.75 Å². The quantitative estimate of drug-likeness (QED) is 0.362. The summed E-state index contributed by atoms with van der Waals surface area (Å²) in [7, 11) is 1.61. The molecule has 0 amide bonds. The largest absolute Gasteiger partial charge is 0.495 e. The average molecular weight is 490 g/mol. The highest BCUT2D eigenvalue weighted by atomic mass is 35.5. The van der Waals surface area contributed by atoms with Crippen LogP contribution in [0.2, 0.25) is 5.02 Å². The molecule has 0 saturated carbocycles. The van der Waals surface area contributed by atoms with Gasteiger partial charge in [-0.2, -0.15) is 0 Å². The van der Waals surface area contributed by atoms with Crippen molar-refractivity contribution in [1.29, 1.82) is 0 Å². The van der Waals surface area contributed by atoms with Gasteiger partial charge in [0, 0.05) is 29.5 Å². The van der Waals surface area contributed by atoms with E-state index in [-0.39, 0.29) is 12.1 Å². The molecule has 4 heterocycles. The highest BCUT2D eigenvalue weighted by molar-refractivity contribution is 7.80. The Kier molecular flexibility index (Phi) is 5.98. The van der Waals surface area contributed by atoms with Gasteiger partial charge in [-0.15, -0.1) is 0 Å². The van der Waals surface area contributed by atoms with E-state index >= 15 is 0 Å². The van der Waals surface area contributed by atoms with E-state index in [0.29, 0.717) is 15.9 Å². The Morgan fingerprint density at radius 1 is 1.00 bits per heavy atom. The van der Waals surface area contributed by atoms with Gasteiger partial charge in [-0.1, -0.05) is 23.7 Å². The molecule has 0 aliphatic carbocycles. The van der Waals surface area contributed by atoms with E-state index in [0.717, 1.165) is 34.2 Å². The van der Waals surface area contributed by atoms with Crippen molar-refractivity contribution in [2.24, 2.45) is 0 Å². The molecule has 5 rings (SSSR count). The van der Waals surface area contributed by atoms with Crippen molar-refractivity contribution in [2.45, 2.75) is 25.9 Å². The number of pyridine rings is 2. The van der Waals surface area contributed by atoms with Crippen LogP contribution in [0.3, 0.4) is 0 Å². The number of aromatic nitrogens is 3. The maximum atomic E-state index is 6.50. The number of methoxy groups -OCH3 is 1. The molecule has 0 spiro atoms. The second-order valence-corrected chi connectivity index (χ2v) is 8.96. The van der Waals surface area contributed by atoms with E-state index in [4.69, 9.17) is 28.6 Å². The molecule has 1 aromatic carbocycles. The Balaban J connectivity index is 1.68. The number of hydrogen-bond acceptors (Lipinski definition) is 4. The van der Waals surface area contributed by atoms with E-state index in [1.807, 2.05) is 60.8 Å². The Morgan fingerprint density at radius 2 is 1.76 bits per heavy atom. The predicted octanol–water partition coefficient (Wildman–Crippen LogP) is 5.72. The van der Waals surface area contributed by atoms with E-state index < -0.39 is 0 Å². The lowest BCUT2D eigenvalue weighted by Gasteiger charge is -2.28. The van der Waals surface area contributed by atoms with Gasteiger partial charge >= 0.3 is 0 Å². The maximum Gasteiger partial charge on any atom is 0.174 e. The number of halogens is 1. The summed E-state index contributed by atoms with van der Waals surface area (Å²) in [5, 5.41) is 4.65. The molecule has 34 heavy (non-hydrogen) atoms. The van der Waals surface area contributed by atoms with Crippen LogP contribution in [0.1, 0.15) is 34.7 Å². The molecule has 1 N–H and O–H groups in total. The second-order valence-electron chi connectivity index (χ2n) is 8.17. The number of nitrogens with one attached hydrogen (secondary N) is 1. The zero-order valence-corrected chi connectivity index (χ0v) is 20.6. The highest BCUT2D eigenvalue weighted by Crippen LogP contribution is 2.44. The second kappa shape index (κ2) is 9.08. The number of anilines is 1. The third kappa shape index (κ3) is 3.81. The summed E-state index contributed by atoms with van der Waals surface area (Å²) < 4.78 is 7.53. The topological polar surface area (TPSA) is 55.2 Å². The van der Waals surface area contributed by atoms with Crippen molar-refractivity contribution >= 4 is 34.6 Å². The first-order chi connectivity index (χ1) is 16.5. The van der Waals surface area contributed by atoms with Gasteiger partial charge in [-0.25, -0.2) is 4.98 Å². The van der Waals surface area contributed by atoms with Crippen LogP contribution >= 0.6 is 23.8 Å². The smallest absolute Gasteiger partial charge is 0.174 e. The molecule has 8 heteroatoms. The third-order valence-corrected chi connectivity index (χ3v) is 6.79. The molecular formula is C26H24ClN5OS. The van der Waals surface area contributed by atoms with Gasteiger partial charge in [-0.05, 0) is 80.2 Å². The molecule has 2 atom stereocenters. The van der Waals surface area contributed by atoms with Gasteiger partial charge in [0.2, 0.25) is 0 Å². The van der Waals surface area contributed by atoms with Gasteiger partial charge in [-0.3, -0.25) is 4.98 Å². The van der Waals surface area contributed by atoms with Crippen LogP contribution in [0.15, 0.2) is 73.1 Å². The molecule has 6 nitrogen and oxygen atoms in total. The molecule has 4 aromatic rings. The van der Waals surface area contributed by atoms with E-state index in [9.17, 15) is 0 Å². The first-order valence-corrected chi connectivity index (χ1v) is 11.7. The number of thiocarbonyl (C=S) groups is 1. The van der Waals surface area contributed by atoms with Crippen molar-refractivity contribution in [3.05, 3.63) is 101 Å². The Bertz CT molecular complexity index is 1340. The van der Waals surface area contributed by atoms with Crippen LogP contribution in [-0.4, -0.2) is 26.8 Å². The number of hydrogen-bond donors (Lipinski definition) is 1. The molecule has 1 saturated heterocycles. The van der Waals surface area contributed by atoms with Crippen LogP contribution in [0.25, 0.3) is 5.82 Å². The Hall–Kier alpha value is -3.42. The minimum Gasteiger partial charge on any atom is -0.495 e. The number of rotatable bonds is 5. The SMILES string of the molecule is COc1ccc(N2C(=S)N[C@@H](c3ccccn3)[C@H]2c2cc(C)n(-c3ccccn3)c2C)cc1Cl. The van der Waals surface area contributed by atoms with Gasteiger partial charge in [0.25, 0.3) is 0 Å². The van der Waals surface area contributed by atoms with Gasteiger partial charge in [0.1, 0.15) is 11.6 Å². The van der Waals surface area contributed by atoms with Crippen LogP contribution in [-0.2, 0) is 0 Å². The van der Waals surface area contributed by atoms with E-state index in [1.54, 1.807) is 13.3 Å². The monoisotopic (exact) mass is 489 g/mol. The summed E-state index contributed by atoms with van der Waals surface area (Å²) in [4.78, 5) is 11.3. The van der Waals surface area contributed by atoms with Crippen molar-refractivity contribution in [2.75, 3.05) is 12.0 Å². The average Bonchev–Trinajstić information content (AvgIpc) is 3.35. The van der Waals surface area contributed by atoms with Gasteiger partial charge in [0.05, 0.1) is 29.9 Å². The Labute approximate surface area is 209 Å². The predicted molar refractivity (Wildman–Crippen MR) is 139 cm³/mol. The number of benzene rings is 1. The minimum atomic E-state index is -0.146. The van der Waals surface area contributed by atoms with E-state index in [1.165, 1.54) is 0 Å². The summed E-state index contributed by atoms with van der Waals surface area (Å²) in [5.74, 6) is 1.50. The normalized spacial score (nSPS) is 17.6. The molecule has 1 aliphatic heterocycles. The zero-order valence-electron chi connectivity index (χ0n) is 19.1. The van der Waals surface area contributed by atoms with Crippen molar-refractivity contribution in [3.63, 3.8) is 0 Å². The highest BCUT2D eigenvalue weighted by Gasteiger charge is 2.42. The summed E-state index contributed by atoms with van der Waals surface area (Å²) >= 11 is 12.4. The lowest BCUT2D eigenvalue weighted by Crippen LogP contribution is -2.29.